The van der Waals surface area contributed by atoms with Gasteiger partial charge >= 0.3 is 0 Å². The van der Waals surface area contributed by atoms with Gasteiger partial charge in [0, 0.05) is 33.3 Å². The molecule has 1 aliphatic rings. The van der Waals surface area contributed by atoms with Crippen LogP contribution in [0.15, 0.2) is 0 Å². The molecule has 0 spiro atoms. The van der Waals surface area contributed by atoms with Gasteiger partial charge in [-0.3, -0.25) is 9.59 Å². The highest BCUT2D eigenvalue weighted by atomic mass is 16.5. The lowest BCUT2D eigenvalue weighted by molar-refractivity contribution is -0.142. The largest absolute Gasteiger partial charge is 0.375 e. The second kappa shape index (κ2) is 7.45. The zero-order valence-corrected chi connectivity index (χ0v) is 12.1. The van der Waals surface area contributed by atoms with Crippen molar-refractivity contribution in [3.05, 3.63) is 0 Å². The number of carbonyl (C=O) groups is 2. The van der Waals surface area contributed by atoms with E-state index in [2.05, 4.69) is 0 Å². The summed E-state index contributed by atoms with van der Waals surface area (Å²) in [5, 5.41) is 0. The van der Waals surface area contributed by atoms with Crippen molar-refractivity contribution >= 4 is 11.8 Å². The lowest BCUT2D eigenvalue weighted by atomic mass is 9.98. The van der Waals surface area contributed by atoms with E-state index < -0.39 is 6.04 Å². The standard InChI is InChI=1S/C13H25N3O3/c1-4-10(2)12(14)13(18)16-7-5-15(6-8-16)11(17)9-19-3/h10,12H,4-9,14H2,1-3H3. The third kappa shape index (κ3) is 4.18. The Kier molecular flexibility index (Phi) is 6.24. The van der Waals surface area contributed by atoms with Crippen LogP contribution in [0, 0.1) is 5.92 Å². The number of rotatable bonds is 5. The van der Waals surface area contributed by atoms with Gasteiger partial charge in [0.2, 0.25) is 11.8 Å². The van der Waals surface area contributed by atoms with Crippen molar-refractivity contribution in [2.24, 2.45) is 11.7 Å². The van der Waals surface area contributed by atoms with E-state index >= 15 is 0 Å². The van der Waals surface area contributed by atoms with Gasteiger partial charge in [0.15, 0.2) is 0 Å². The van der Waals surface area contributed by atoms with Crippen LogP contribution in [0.5, 0.6) is 0 Å². The Morgan fingerprint density at radius 1 is 1.21 bits per heavy atom. The molecule has 0 aliphatic carbocycles. The Labute approximate surface area is 114 Å². The SMILES string of the molecule is CCC(C)C(N)C(=O)N1CCN(C(=O)COC)CC1. The number of carbonyl (C=O) groups excluding carboxylic acids is 2. The first-order chi connectivity index (χ1) is 9.01. The minimum absolute atomic E-state index is 0.00631. The van der Waals surface area contributed by atoms with Crippen molar-refractivity contribution in [2.75, 3.05) is 39.9 Å². The first kappa shape index (κ1) is 15.9. The van der Waals surface area contributed by atoms with Crippen LogP contribution < -0.4 is 5.73 Å². The van der Waals surface area contributed by atoms with Gasteiger partial charge in [0.1, 0.15) is 6.61 Å². The molecule has 1 aliphatic heterocycles. The highest BCUT2D eigenvalue weighted by Gasteiger charge is 2.28. The predicted octanol–water partition coefficient (Wildman–Crippen LogP) is -0.323. The molecule has 2 unspecified atom stereocenters. The lowest BCUT2D eigenvalue weighted by Crippen LogP contribution is -2.55. The molecule has 2 amide bonds. The van der Waals surface area contributed by atoms with Crippen LogP contribution in [0.25, 0.3) is 0 Å². The van der Waals surface area contributed by atoms with Crippen LogP contribution in [0.1, 0.15) is 20.3 Å². The van der Waals surface area contributed by atoms with Crippen molar-refractivity contribution in [1.29, 1.82) is 0 Å². The quantitative estimate of drug-likeness (QED) is 0.743. The zero-order valence-electron chi connectivity index (χ0n) is 12.1. The third-order valence-corrected chi connectivity index (χ3v) is 3.75. The number of ether oxygens (including phenoxy) is 1. The normalized spacial score (nSPS) is 19.2. The summed E-state index contributed by atoms with van der Waals surface area (Å²) in [5.74, 6) is 0.148. The van der Waals surface area contributed by atoms with Gasteiger partial charge in [-0.25, -0.2) is 0 Å². The van der Waals surface area contributed by atoms with Crippen LogP contribution in [-0.2, 0) is 14.3 Å². The van der Waals surface area contributed by atoms with Gasteiger partial charge in [-0.2, -0.15) is 0 Å². The fourth-order valence-corrected chi connectivity index (χ4v) is 2.10. The van der Waals surface area contributed by atoms with E-state index in [1.54, 1.807) is 9.80 Å². The average Bonchev–Trinajstić information content (AvgIpc) is 2.45. The smallest absolute Gasteiger partial charge is 0.248 e. The molecule has 0 radical (unpaired) electrons. The van der Waals surface area contributed by atoms with Crippen LogP contribution in [0.4, 0.5) is 0 Å². The van der Waals surface area contributed by atoms with Gasteiger partial charge in [-0.15, -0.1) is 0 Å². The lowest BCUT2D eigenvalue weighted by Gasteiger charge is -2.36. The van der Waals surface area contributed by atoms with E-state index in [1.165, 1.54) is 7.11 Å². The monoisotopic (exact) mass is 271 g/mol. The Hall–Kier alpha value is -1.14. The van der Waals surface area contributed by atoms with Crippen molar-refractivity contribution in [3.8, 4) is 0 Å². The predicted molar refractivity (Wildman–Crippen MR) is 72.5 cm³/mol. The van der Waals surface area contributed by atoms with E-state index in [1.807, 2.05) is 13.8 Å². The molecule has 1 saturated heterocycles. The van der Waals surface area contributed by atoms with Crippen molar-refractivity contribution in [3.63, 3.8) is 0 Å². The van der Waals surface area contributed by atoms with Crippen molar-refractivity contribution < 1.29 is 14.3 Å². The highest BCUT2D eigenvalue weighted by molar-refractivity contribution is 5.82. The second-order valence-corrected chi connectivity index (χ2v) is 5.05. The Morgan fingerprint density at radius 2 is 1.74 bits per heavy atom. The fraction of sp³-hybridized carbons (Fsp3) is 0.846. The summed E-state index contributed by atoms with van der Waals surface area (Å²) in [7, 11) is 1.50. The van der Waals surface area contributed by atoms with Crippen LogP contribution in [0.3, 0.4) is 0 Å². The van der Waals surface area contributed by atoms with E-state index in [-0.39, 0.29) is 24.3 Å². The van der Waals surface area contributed by atoms with E-state index in [9.17, 15) is 9.59 Å². The Balaban J connectivity index is 2.45. The minimum Gasteiger partial charge on any atom is -0.375 e. The summed E-state index contributed by atoms with van der Waals surface area (Å²) in [6, 6.07) is -0.439. The number of nitrogens with zero attached hydrogens (tertiary/aromatic N) is 2. The van der Waals surface area contributed by atoms with Gasteiger partial charge in [0.25, 0.3) is 0 Å². The van der Waals surface area contributed by atoms with E-state index in [0.29, 0.717) is 26.2 Å². The van der Waals surface area contributed by atoms with Crippen LogP contribution >= 0.6 is 0 Å². The molecule has 1 rings (SSSR count). The van der Waals surface area contributed by atoms with Crippen molar-refractivity contribution in [1.82, 2.24) is 9.80 Å². The molecule has 110 valence electrons. The summed E-state index contributed by atoms with van der Waals surface area (Å²) < 4.78 is 4.82. The number of methoxy groups -OCH3 is 1. The fourth-order valence-electron chi connectivity index (χ4n) is 2.10. The van der Waals surface area contributed by atoms with E-state index in [4.69, 9.17) is 10.5 Å². The molecule has 0 saturated carbocycles. The topological polar surface area (TPSA) is 75.9 Å². The van der Waals surface area contributed by atoms with Crippen LogP contribution in [-0.4, -0.2) is 67.6 Å². The molecule has 6 heteroatoms. The molecule has 1 heterocycles. The van der Waals surface area contributed by atoms with Gasteiger partial charge in [-0.1, -0.05) is 20.3 Å². The number of piperazine rings is 1. The molecule has 0 aromatic carbocycles. The zero-order chi connectivity index (χ0) is 14.4. The summed E-state index contributed by atoms with van der Waals surface area (Å²) in [6.07, 6.45) is 0.888. The molecular formula is C13H25N3O3. The molecule has 1 fully saturated rings. The molecular weight excluding hydrogens is 246 g/mol. The van der Waals surface area contributed by atoms with E-state index in [0.717, 1.165) is 6.42 Å². The number of amides is 2. The average molecular weight is 271 g/mol. The Morgan fingerprint density at radius 3 is 2.21 bits per heavy atom. The molecule has 2 atom stereocenters. The highest BCUT2D eigenvalue weighted by Crippen LogP contribution is 2.11. The van der Waals surface area contributed by atoms with Crippen LogP contribution in [0.2, 0.25) is 0 Å². The van der Waals surface area contributed by atoms with Gasteiger partial charge in [0.05, 0.1) is 6.04 Å². The maximum atomic E-state index is 12.2. The molecule has 6 nitrogen and oxygen atoms in total. The number of hydrogen-bond acceptors (Lipinski definition) is 4. The second-order valence-electron chi connectivity index (χ2n) is 5.05. The first-order valence-electron chi connectivity index (χ1n) is 6.82. The summed E-state index contributed by atoms with van der Waals surface area (Å²) in [6.45, 7) is 6.33. The maximum Gasteiger partial charge on any atom is 0.248 e. The molecule has 2 N–H and O–H groups in total. The molecule has 19 heavy (non-hydrogen) atoms. The maximum absolute atomic E-state index is 12.2. The van der Waals surface area contributed by atoms with Crippen molar-refractivity contribution in [2.45, 2.75) is 26.3 Å². The summed E-state index contributed by atoms with van der Waals surface area (Å²) in [5.41, 5.74) is 5.95. The van der Waals surface area contributed by atoms with Gasteiger partial charge < -0.3 is 20.3 Å². The minimum atomic E-state index is -0.439. The number of nitrogens with two attached hydrogens (primary N) is 1. The summed E-state index contributed by atoms with van der Waals surface area (Å²) in [4.78, 5) is 27.3. The Bertz CT molecular complexity index is 314. The first-order valence-corrected chi connectivity index (χ1v) is 6.82. The molecule has 0 aromatic rings. The third-order valence-electron chi connectivity index (χ3n) is 3.75. The molecule has 0 aromatic heterocycles. The molecule has 0 bridgehead atoms. The summed E-state index contributed by atoms with van der Waals surface area (Å²) >= 11 is 0. The number of hydrogen-bond donors (Lipinski definition) is 1. The van der Waals surface area contributed by atoms with Gasteiger partial charge in [-0.05, 0) is 5.92 Å².